The molecule has 1 aliphatic heterocycles. The fourth-order valence-corrected chi connectivity index (χ4v) is 2.56. The summed E-state index contributed by atoms with van der Waals surface area (Å²) in [6.07, 6.45) is 2.44. The SMILES string of the molecule is CCCOc1cccc(CC(=O)N2CCCC2C(=O)O)c1. The second-order valence-corrected chi connectivity index (χ2v) is 5.26. The number of rotatable bonds is 6. The monoisotopic (exact) mass is 291 g/mol. The van der Waals surface area contributed by atoms with E-state index in [4.69, 9.17) is 9.84 Å². The summed E-state index contributed by atoms with van der Waals surface area (Å²) in [7, 11) is 0. The number of hydrogen-bond acceptors (Lipinski definition) is 3. The van der Waals surface area contributed by atoms with Gasteiger partial charge in [-0.2, -0.15) is 0 Å². The minimum absolute atomic E-state index is 0.132. The number of amides is 1. The number of ether oxygens (including phenoxy) is 1. The van der Waals surface area contributed by atoms with Crippen molar-refractivity contribution in [3.63, 3.8) is 0 Å². The van der Waals surface area contributed by atoms with Crippen molar-refractivity contribution in [1.82, 2.24) is 4.90 Å². The summed E-state index contributed by atoms with van der Waals surface area (Å²) in [6.45, 7) is 3.21. The third-order valence-electron chi connectivity index (χ3n) is 3.58. The minimum Gasteiger partial charge on any atom is -0.494 e. The first-order chi connectivity index (χ1) is 10.1. The molecule has 1 aliphatic rings. The Labute approximate surface area is 124 Å². The lowest BCUT2D eigenvalue weighted by molar-refractivity contribution is -0.148. The standard InChI is InChI=1S/C16H21NO4/c1-2-9-21-13-6-3-5-12(10-13)11-15(18)17-8-4-7-14(17)16(19)20/h3,5-6,10,14H,2,4,7-9,11H2,1H3,(H,19,20). The van der Waals surface area contributed by atoms with E-state index in [1.807, 2.05) is 31.2 Å². The molecule has 0 spiro atoms. The average molecular weight is 291 g/mol. The molecule has 1 heterocycles. The molecule has 1 aromatic rings. The van der Waals surface area contributed by atoms with Gasteiger partial charge in [0.1, 0.15) is 11.8 Å². The van der Waals surface area contributed by atoms with Gasteiger partial charge >= 0.3 is 5.97 Å². The van der Waals surface area contributed by atoms with Crippen molar-refractivity contribution in [3.05, 3.63) is 29.8 Å². The summed E-state index contributed by atoms with van der Waals surface area (Å²) in [5, 5.41) is 9.13. The van der Waals surface area contributed by atoms with Crippen molar-refractivity contribution in [2.24, 2.45) is 0 Å². The first kappa shape index (κ1) is 15.4. The minimum atomic E-state index is -0.916. The molecule has 1 amide bonds. The Kier molecular flexibility index (Phi) is 5.20. The lowest BCUT2D eigenvalue weighted by atomic mass is 10.1. The van der Waals surface area contributed by atoms with E-state index in [-0.39, 0.29) is 12.3 Å². The van der Waals surface area contributed by atoms with Crippen LogP contribution in [-0.4, -0.2) is 41.1 Å². The van der Waals surface area contributed by atoms with E-state index in [1.54, 1.807) is 0 Å². The summed E-state index contributed by atoms with van der Waals surface area (Å²) >= 11 is 0. The predicted molar refractivity (Wildman–Crippen MR) is 78.3 cm³/mol. The Morgan fingerprint density at radius 3 is 2.95 bits per heavy atom. The van der Waals surface area contributed by atoms with Gasteiger partial charge in [-0.15, -0.1) is 0 Å². The van der Waals surface area contributed by atoms with Gasteiger partial charge < -0.3 is 14.7 Å². The number of carboxylic acids is 1. The van der Waals surface area contributed by atoms with Crippen molar-refractivity contribution in [1.29, 1.82) is 0 Å². The molecule has 0 radical (unpaired) electrons. The maximum absolute atomic E-state index is 12.3. The molecule has 5 nitrogen and oxygen atoms in total. The second kappa shape index (κ2) is 7.11. The molecule has 1 saturated heterocycles. The van der Waals surface area contributed by atoms with E-state index in [2.05, 4.69) is 0 Å². The molecule has 1 unspecified atom stereocenters. The predicted octanol–water partition coefficient (Wildman–Crippen LogP) is 2.09. The van der Waals surface area contributed by atoms with Crippen LogP contribution in [0.5, 0.6) is 5.75 Å². The van der Waals surface area contributed by atoms with E-state index in [9.17, 15) is 9.59 Å². The molecule has 0 bridgehead atoms. The molecule has 2 rings (SSSR count). The highest BCUT2D eigenvalue weighted by Gasteiger charge is 2.33. The highest BCUT2D eigenvalue weighted by atomic mass is 16.5. The maximum Gasteiger partial charge on any atom is 0.326 e. The Bertz CT molecular complexity index is 515. The fourth-order valence-electron chi connectivity index (χ4n) is 2.56. The largest absolute Gasteiger partial charge is 0.494 e. The Morgan fingerprint density at radius 2 is 2.24 bits per heavy atom. The molecule has 0 saturated carbocycles. The normalized spacial score (nSPS) is 17.8. The summed E-state index contributed by atoms with van der Waals surface area (Å²) in [4.78, 5) is 24.9. The highest BCUT2D eigenvalue weighted by Crippen LogP contribution is 2.20. The van der Waals surface area contributed by atoms with E-state index < -0.39 is 12.0 Å². The molecule has 1 fully saturated rings. The van der Waals surface area contributed by atoms with Gasteiger partial charge in [-0.05, 0) is 37.0 Å². The Balaban J connectivity index is 2.00. The second-order valence-electron chi connectivity index (χ2n) is 5.26. The van der Waals surface area contributed by atoms with Gasteiger partial charge in [0.2, 0.25) is 5.91 Å². The lowest BCUT2D eigenvalue weighted by Gasteiger charge is -2.21. The number of nitrogens with zero attached hydrogens (tertiary/aromatic N) is 1. The number of aliphatic carboxylic acids is 1. The number of carboxylic acid groups (broad SMARTS) is 1. The molecule has 1 atom stereocenters. The van der Waals surface area contributed by atoms with Crippen LogP contribution in [0.2, 0.25) is 0 Å². The van der Waals surface area contributed by atoms with Crippen LogP contribution in [0.3, 0.4) is 0 Å². The quantitative estimate of drug-likeness (QED) is 0.871. The molecule has 1 N–H and O–H groups in total. The van der Waals surface area contributed by atoms with Crippen molar-refractivity contribution in [2.45, 2.75) is 38.6 Å². The van der Waals surface area contributed by atoms with Crippen LogP contribution in [0, 0.1) is 0 Å². The molecule has 114 valence electrons. The Hall–Kier alpha value is -2.04. The number of hydrogen-bond donors (Lipinski definition) is 1. The van der Waals surface area contributed by atoms with Crippen LogP contribution in [-0.2, 0) is 16.0 Å². The van der Waals surface area contributed by atoms with Gasteiger partial charge in [0, 0.05) is 6.54 Å². The van der Waals surface area contributed by atoms with Crippen LogP contribution in [0.15, 0.2) is 24.3 Å². The van der Waals surface area contributed by atoms with Crippen molar-refractivity contribution >= 4 is 11.9 Å². The third kappa shape index (κ3) is 3.97. The molecular weight excluding hydrogens is 270 g/mol. The van der Waals surface area contributed by atoms with E-state index in [0.29, 0.717) is 19.6 Å². The number of carbonyl (C=O) groups is 2. The first-order valence-corrected chi connectivity index (χ1v) is 7.36. The van der Waals surface area contributed by atoms with Gasteiger partial charge in [-0.3, -0.25) is 4.79 Å². The molecule has 0 aliphatic carbocycles. The zero-order chi connectivity index (χ0) is 15.2. The summed E-state index contributed by atoms with van der Waals surface area (Å²) < 4.78 is 5.54. The molecular formula is C16H21NO4. The van der Waals surface area contributed by atoms with Crippen LogP contribution < -0.4 is 4.74 Å². The molecule has 1 aromatic carbocycles. The zero-order valence-electron chi connectivity index (χ0n) is 12.2. The van der Waals surface area contributed by atoms with Gasteiger partial charge in [0.05, 0.1) is 13.0 Å². The van der Waals surface area contributed by atoms with Crippen LogP contribution >= 0.6 is 0 Å². The zero-order valence-corrected chi connectivity index (χ0v) is 12.2. The van der Waals surface area contributed by atoms with Crippen LogP contribution in [0.4, 0.5) is 0 Å². The number of benzene rings is 1. The highest BCUT2D eigenvalue weighted by molar-refractivity contribution is 5.85. The summed E-state index contributed by atoms with van der Waals surface area (Å²) in [5.74, 6) is -0.299. The summed E-state index contributed by atoms with van der Waals surface area (Å²) in [5.41, 5.74) is 0.852. The van der Waals surface area contributed by atoms with E-state index in [0.717, 1.165) is 24.2 Å². The van der Waals surface area contributed by atoms with Crippen LogP contribution in [0.1, 0.15) is 31.7 Å². The molecule has 5 heteroatoms. The van der Waals surface area contributed by atoms with Gasteiger partial charge in [0.15, 0.2) is 0 Å². The average Bonchev–Trinajstić information content (AvgIpc) is 2.95. The summed E-state index contributed by atoms with van der Waals surface area (Å²) in [6, 6.07) is 6.75. The van der Waals surface area contributed by atoms with Gasteiger partial charge in [-0.1, -0.05) is 19.1 Å². The first-order valence-electron chi connectivity index (χ1n) is 7.36. The molecule has 0 aromatic heterocycles. The van der Waals surface area contributed by atoms with E-state index >= 15 is 0 Å². The topological polar surface area (TPSA) is 66.8 Å². The molecule has 21 heavy (non-hydrogen) atoms. The van der Waals surface area contributed by atoms with Crippen LogP contribution in [0.25, 0.3) is 0 Å². The van der Waals surface area contributed by atoms with Crippen molar-refractivity contribution in [2.75, 3.05) is 13.2 Å². The van der Waals surface area contributed by atoms with Crippen molar-refractivity contribution in [3.8, 4) is 5.75 Å². The van der Waals surface area contributed by atoms with E-state index in [1.165, 1.54) is 4.90 Å². The third-order valence-corrected chi connectivity index (χ3v) is 3.58. The van der Waals surface area contributed by atoms with Gasteiger partial charge in [-0.25, -0.2) is 4.79 Å². The van der Waals surface area contributed by atoms with Crippen molar-refractivity contribution < 1.29 is 19.4 Å². The number of carbonyl (C=O) groups excluding carboxylic acids is 1. The maximum atomic E-state index is 12.3. The lowest BCUT2D eigenvalue weighted by Crippen LogP contribution is -2.41. The fraction of sp³-hybridized carbons (Fsp3) is 0.500. The smallest absolute Gasteiger partial charge is 0.326 e. The van der Waals surface area contributed by atoms with Gasteiger partial charge in [0.25, 0.3) is 0 Å². The Morgan fingerprint density at radius 1 is 1.43 bits per heavy atom. The number of likely N-dealkylation sites (tertiary alicyclic amines) is 1.